The predicted octanol–water partition coefficient (Wildman–Crippen LogP) is 2.85. The maximum atomic E-state index is 12.3. The average Bonchev–Trinajstić information content (AvgIpc) is 3.20. The molecule has 0 aromatic rings. The van der Waals surface area contributed by atoms with Crippen molar-refractivity contribution in [1.29, 1.82) is 0 Å². The van der Waals surface area contributed by atoms with Gasteiger partial charge in [0.2, 0.25) is 0 Å². The van der Waals surface area contributed by atoms with Crippen molar-refractivity contribution in [2.45, 2.75) is 70.9 Å². The first-order valence-corrected chi connectivity index (χ1v) is 8.03. The molecule has 0 radical (unpaired) electrons. The minimum atomic E-state index is -0.839. The lowest BCUT2D eigenvalue weighted by Gasteiger charge is -2.39. The number of aliphatic carboxylic acids is 1. The van der Waals surface area contributed by atoms with Crippen LogP contribution in [0.5, 0.6) is 0 Å². The molecule has 0 heterocycles. The molecule has 0 bridgehead atoms. The topological polar surface area (TPSA) is 69.6 Å². The maximum Gasteiger partial charge on any atom is 0.317 e. The Morgan fingerprint density at radius 3 is 2.29 bits per heavy atom. The van der Waals surface area contributed by atoms with Crippen LogP contribution >= 0.6 is 0 Å². The fraction of sp³-hybridized carbons (Fsp3) is 0.875. The quantitative estimate of drug-likeness (QED) is 0.819. The van der Waals surface area contributed by atoms with E-state index in [2.05, 4.69) is 19.2 Å². The van der Waals surface area contributed by atoms with Crippen molar-refractivity contribution in [3.05, 3.63) is 0 Å². The third kappa shape index (κ3) is 4.61. The molecular formula is C16H28N2O3. The van der Waals surface area contributed by atoms with Crippen molar-refractivity contribution >= 4 is 12.0 Å². The van der Waals surface area contributed by atoms with E-state index in [4.69, 9.17) is 5.11 Å². The summed E-state index contributed by atoms with van der Waals surface area (Å²) in [5, 5.41) is 11.9. The summed E-state index contributed by atoms with van der Waals surface area (Å²) in [6.45, 7) is 4.55. The number of rotatable bonds is 5. The number of hydrogen-bond donors (Lipinski definition) is 2. The molecule has 2 saturated carbocycles. The van der Waals surface area contributed by atoms with Crippen LogP contribution in [0.25, 0.3) is 0 Å². The van der Waals surface area contributed by atoms with E-state index in [1.165, 1.54) is 0 Å². The van der Waals surface area contributed by atoms with E-state index in [1.54, 1.807) is 4.90 Å². The summed E-state index contributed by atoms with van der Waals surface area (Å²) >= 11 is 0. The third-order valence-corrected chi connectivity index (χ3v) is 5.07. The van der Waals surface area contributed by atoms with Gasteiger partial charge in [0.05, 0.1) is 6.42 Å². The van der Waals surface area contributed by atoms with Gasteiger partial charge in [0.15, 0.2) is 0 Å². The van der Waals surface area contributed by atoms with Crippen LogP contribution in [-0.4, -0.2) is 41.1 Å². The second kappa shape index (κ2) is 6.24. The van der Waals surface area contributed by atoms with Crippen LogP contribution in [-0.2, 0) is 4.79 Å². The maximum absolute atomic E-state index is 12.3. The molecule has 0 aromatic heterocycles. The molecule has 2 fully saturated rings. The summed E-state index contributed by atoms with van der Waals surface area (Å²) in [6, 6.07) is -0.0435. The Kier molecular flexibility index (Phi) is 4.79. The Hall–Kier alpha value is -1.26. The molecule has 2 N–H and O–H groups in total. The van der Waals surface area contributed by atoms with E-state index in [1.807, 2.05) is 7.05 Å². The zero-order valence-electron chi connectivity index (χ0n) is 13.4. The third-order valence-electron chi connectivity index (χ3n) is 5.07. The highest BCUT2D eigenvalue weighted by atomic mass is 16.4. The SMILES string of the molecule is CN(C(=O)NC(CC(=O)O)C1CC1)C1CCC(C)(C)CC1. The molecule has 2 amide bonds. The molecule has 0 aromatic carbocycles. The largest absolute Gasteiger partial charge is 0.481 e. The second-order valence-electron chi connectivity index (χ2n) is 7.50. The minimum absolute atomic E-state index is 0.0297. The fourth-order valence-corrected chi connectivity index (χ4v) is 3.22. The van der Waals surface area contributed by atoms with Gasteiger partial charge in [-0.1, -0.05) is 13.8 Å². The Balaban J connectivity index is 1.85. The van der Waals surface area contributed by atoms with Gasteiger partial charge in [0.25, 0.3) is 0 Å². The highest BCUT2D eigenvalue weighted by Gasteiger charge is 2.36. The summed E-state index contributed by atoms with van der Waals surface area (Å²) in [7, 11) is 1.84. The molecule has 0 aliphatic heterocycles. The van der Waals surface area contributed by atoms with Crippen molar-refractivity contribution in [2.75, 3.05) is 7.05 Å². The van der Waals surface area contributed by atoms with E-state index in [-0.39, 0.29) is 24.5 Å². The lowest BCUT2D eigenvalue weighted by atomic mass is 9.75. The van der Waals surface area contributed by atoms with Crippen LogP contribution in [0.2, 0.25) is 0 Å². The highest BCUT2D eigenvalue weighted by molar-refractivity contribution is 5.76. The number of nitrogens with zero attached hydrogens (tertiary/aromatic N) is 1. The molecule has 5 nitrogen and oxygen atoms in total. The Bertz CT molecular complexity index is 394. The monoisotopic (exact) mass is 296 g/mol. The van der Waals surface area contributed by atoms with Crippen molar-refractivity contribution < 1.29 is 14.7 Å². The van der Waals surface area contributed by atoms with Gasteiger partial charge in [-0.25, -0.2) is 4.79 Å². The molecule has 2 aliphatic carbocycles. The van der Waals surface area contributed by atoms with Crippen LogP contribution in [0.4, 0.5) is 4.79 Å². The van der Waals surface area contributed by atoms with Gasteiger partial charge in [-0.15, -0.1) is 0 Å². The van der Waals surface area contributed by atoms with E-state index >= 15 is 0 Å². The van der Waals surface area contributed by atoms with Gasteiger partial charge in [0.1, 0.15) is 0 Å². The summed E-state index contributed by atoms with van der Waals surface area (Å²) in [5.74, 6) is -0.488. The van der Waals surface area contributed by atoms with Gasteiger partial charge in [0, 0.05) is 19.1 Å². The van der Waals surface area contributed by atoms with Gasteiger partial charge < -0.3 is 15.3 Å². The standard InChI is InChI=1S/C16H28N2O3/c1-16(2)8-6-12(7-9-16)18(3)15(21)17-13(10-14(19)20)11-4-5-11/h11-13H,4-10H2,1-3H3,(H,17,21)(H,19,20). The van der Waals surface area contributed by atoms with Crippen LogP contribution in [0.1, 0.15) is 58.8 Å². The van der Waals surface area contributed by atoms with Crippen LogP contribution < -0.4 is 5.32 Å². The lowest BCUT2D eigenvalue weighted by Crippen LogP contribution is -2.49. The summed E-state index contributed by atoms with van der Waals surface area (Å²) in [5.41, 5.74) is 0.383. The number of hydrogen-bond acceptors (Lipinski definition) is 2. The molecular weight excluding hydrogens is 268 g/mol. The van der Waals surface area contributed by atoms with E-state index in [0.29, 0.717) is 11.3 Å². The van der Waals surface area contributed by atoms with Crippen LogP contribution in [0, 0.1) is 11.3 Å². The van der Waals surface area contributed by atoms with E-state index in [9.17, 15) is 9.59 Å². The summed E-state index contributed by atoms with van der Waals surface area (Å²) in [6.07, 6.45) is 6.42. The van der Waals surface area contributed by atoms with Crippen molar-refractivity contribution in [2.24, 2.45) is 11.3 Å². The van der Waals surface area contributed by atoms with Crippen molar-refractivity contribution in [3.63, 3.8) is 0 Å². The van der Waals surface area contributed by atoms with Gasteiger partial charge >= 0.3 is 12.0 Å². The number of carbonyl (C=O) groups excluding carboxylic acids is 1. The van der Waals surface area contributed by atoms with Crippen LogP contribution in [0.15, 0.2) is 0 Å². The van der Waals surface area contributed by atoms with E-state index in [0.717, 1.165) is 38.5 Å². The summed E-state index contributed by atoms with van der Waals surface area (Å²) < 4.78 is 0. The Morgan fingerprint density at radius 2 is 1.81 bits per heavy atom. The first kappa shape index (κ1) is 16.1. The smallest absolute Gasteiger partial charge is 0.317 e. The van der Waals surface area contributed by atoms with Crippen LogP contribution in [0.3, 0.4) is 0 Å². The number of carboxylic acids is 1. The first-order chi connectivity index (χ1) is 9.78. The zero-order chi connectivity index (χ0) is 15.6. The highest BCUT2D eigenvalue weighted by Crippen LogP contribution is 2.37. The molecule has 21 heavy (non-hydrogen) atoms. The molecule has 2 aliphatic rings. The number of carbonyl (C=O) groups is 2. The zero-order valence-corrected chi connectivity index (χ0v) is 13.4. The normalized spacial score (nSPS) is 23.4. The molecule has 1 atom stereocenters. The Morgan fingerprint density at radius 1 is 1.24 bits per heavy atom. The Labute approximate surface area is 127 Å². The number of amides is 2. The number of nitrogens with one attached hydrogen (secondary N) is 1. The lowest BCUT2D eigenvalue weighted by molar-refractivity contribution is -0.137. The molecule has 0 spiro atoms. The first-order valence-electron chi connectivity index (χ1n) is 8.03. The van der Waals surface area contributed by atoms with Gasteiger partial charge in [-0.05, 0) is 49.9 Å². The van der Waals surface area contributed by atoms with Crippen molar-refractivity contribution in [1.82, 2.24) is 10.2 Å². The molecule has 1 unspecified atom stereocenters. The summed E-state index contributed by atoms with van der Waals surface area (Å²) in [4.78, 5) is 25.0. The average molecular weight is 296 g/mol. The molecule has 0 saturated heterocycles. The minimum Gasteiger partial charge on any atom is -0.481 e. The van der Waals surface area contributed by atoms with Gasteiger partial charge in [-0.2, -0.15) is 0 Å². The number of urea groups is 1. The van der Waals surface area contributed by atoms with Crippen molar-refractivity contribution in [3.8, 4) is 0 Å². The molecule has 2 rings (SSSR count). The van der Waals surface area contributed by atoms with E-state index < -0.39 is 5.97 Å². The molecule has 120 valence electrons. The molecule has 5 heteroatoms. The second-order valence-corrected chi connectivity index (χ2v) is 7.50. The number of carboxylic acid groups (broad SMARTS) is 1. The predicted molar refractivity (Wildman–Crippen MR) is 81.1 cm³/mol. The fourth-order valence-electron chi connectivity index (χ4n) is 3.22. The van der Waals surface area contributed by atoms with Gasteiger partial charge in [-0.3, -0.25) is 4.79 Å².